The molecule has 0 unspecified atom stereocenters. The van der Waals surface area contributed by atoms with Crippen molar-refractivity contribution < 1.29 is 41.4 Å². The van der Waals surface area contributed by atoms with Gasteiger partial charge in [-0.1, -0.05) is 47.7 Å². The average molecular weight is 550 g/mol. The molecule has 37 heavy (non-hydrogen) atoms. The first-order chi connectivity index (χ1) is 17.3. The van der Waals surface area contributed by atoms with Crippen molar-refractivity contribution in [1.29, 1.82) is 0 Å². The number of carbonyl (C=O) groups is 3. The van der Waals surface area contributed by atoms with Gasteiger partial charge in [-0.3, -0.25) is 14.9 Å². The van der Waals surface area contributed by atoms with Gasteiger partial charge in [0.05, 0.1) is 6.04 Å². The van der Waals surface area contributed by atoms with Gasteiger partial charge in [0, 0.05) is 19.0 Å². The molecule has 3 rings (SSSR count). The zero-order chi connectivity index (χ0) is 27.6. The van der Waals surface area contributed by atoms with Gasteiger partial charge in [-0.2, -0.15) is 22.0 Å². The lowest BCUT2D eigenvalue weighted by atomic mass is 10.0. The van der Waals surface area contributed by atoms with E-state index in [1.165, 1.54) is 12.2 Å². The fourth-order valence-electron chi connectivity index (χ4n) is 2.72. The summed E-state index contributed by atoms with van der Waals surface area (Å²) in [6.45, 7) is 1.11. The first kappa shape index (κ1) is 29.8. The van der Waals surface area contributed by atoms with Gasteiger partial charge in [-0.05, 0) is 31.4 Å². The van der Waals surface area contributed by atoms with Gasteiger partial charge in [0.15, 0.2) is 0 Å². The molecule has 4 N–H and O–H groups in total. The summed E-state index contributed by atoms with van der Waals surface area (Å²) in [5, 5.41) is 20.6. The maximum Gasteiger partial charge on any atom is 0.445 e. The third-order valence-corrected chi connectivity index (χ3v) is 5.69. The molecule has 0 aliphatic carbocycles. The number of anilines is 1. The molecule has 15 heteroatoms. The monoisotopic (exact) mass is 549 g/mol. The number of aliphatic carboxylic acids is 1. The Morgan fingerprint density at radius 1 is 1.19 bits per heavy atom. The van der Waals surface area contributed by atoms with Crippen LogP contribution in [0, 0.1) is 0 Å². The number of nitrogens with zero attached hydrogens (tertiary/aromatic N) is 2. The standard InChI is InChI=1S/C19H20F3N5O2S.C3H4F2O2/c20-19(21,22)17-26-27-18(30-17)25-15(28)9-8-13(24-16(29)14-10-11-23-14)7-6-12-4-2-1-3-5-12;1-3(4,5)2(6)7/h1-5,8-9,13-14,23H,6-7,10-11H2,(H,24,29)(H,25,27,28);1H3,(H,6,7)/b9-8+;/t13-,14-;/m0./s1. The van der Waals surface area contributed by atoms with Gasteiger partial charge in [0.1, 0.15) is 0 Å². The Kier molecular flexibility index (Phi) is 10.6. The smallest absolute Gasteiger partial charge is 0.445 e. The Balaban J connectivity index is 0.000000604. The number of nitrogens with one attached hydrogen (secondary N) is 3. The molecular formula is C22H24F5N5O4S. The van der Waals surface area contributed by atoms with Crippen LogP contribution in [0.4, 0.5) is 27.1 Å². The van der Waals surface area contributed by atoms with E-state index in [0.29, 0.717) is 19.8 Å². The van der Waals surface area contributed by atoms with E-state index in [4.69, 9.17) is 5.11 Å². The van der Waals surface area contributed by atoms with Crippen LogP contribution in [0.3, 0.4) is 0 Å². The summed E-state index contributed by atoms with van der Waals surface area (Å²) >= 11 is 0.244. The van der Waals surface area contributed by atoms with Crippen LogP contribution in [0.5, 0.6) is 0 Å². The minimum atomic E-state index is -4.61. The highest BCUT2D eigenvalue weighted by Crippen LogP contribution is 2.32. The summed E-state index contributed by atoms with van der Waals surface area (Å²) < 4.78 is 60.2. The highest BCUT2D eigenvalue weighted by Gasteiger charge is 2.35. The van der Waals surface area contributed by atoms with E-state index in [9.17, 15) is 36.3 Å². The molecule has 1 aromatic carbocycles. The number of rotatable bonds is 9. The molecule has 1 aromatic heterocycles. The summed E-state index contributed by atoms with van der Waals surface area (Å²) in [5.41, 5.74) is 1.09. The Hall–Kier alpha value is -3.46. The minimum absolute atomic E-state index is 0.150. The number of benzene rings is 1. The molecule has 2 heterocycles. The Morgan fingerprint density at radius 2 is 1.81 bits per heavy atom. The minimum Gasteiger partial charge on any atom is -0.477 e. The van der Waals surface area contributed by atoms with Crippen LogP contribution >= 0.6 is 11.3 Å². The van der Waals surface area contributed by atoms with Crippen LogP contribution in [-0.4, -0.2) is 57.6 Å². The number of alkyl halides is 5. The van der Waals surface area contributed by atoms with E-state index in [2.05, 4.69) is 26.1 Å². The van der Waals surface area contributed by atoms with E-state index in [0.717, 1.165) is 18.5 Å². The van der Waals surface area contributed by atoms with Crippen LogP contribution in [-0.2, 0) is 27.0 Å². The molecule has 0 saturated carbocycles. The van der Waals surface area contributed by atoms with Crippen LogP contribution in [0.15, 0.2) is 42.5 Å². The van der Waals surface area contributed by atoms with Crippen LogP contribution in [0.2, 0.25) is 0 Å². The Morgan fingerprint density at radius 3 is 2.30 bits per heavy atom. The van der Waals surface area contributed by atoms with Crippen molar-refractivity contribution in [1.82, 2.24) is 20.8 Å². The van der Waals surface area contributed by atoms with Gasteiger partial charge >= 0.3 is 18.1 Å². The van der Waals surface area contributed by atoms with Gasteiger partial charge in [-0.15, -0.1) is 10.2 Å². The highest BCUT2D eigenvalue weighted by molar-refractivity contribution is 7.15. The second kappa shape index (κ2) is 13.2. The van der Waals surface area contributed by atoms with Gasteiger partial charge in [0.25, 0.3) is 0 Å². The molecule has 1 aliphatic rings. The summed E-state index contributed by atoms with van der Waals surface area (Å²) in [4.78, 5) is 33.6. The molecular weight excluding hydrogens is 525 g/mol. The van der Waals surface area contributed by atoms with Crippen molar-refractivity contribution in [3.8, 4) is 0 Å². The second-order valence-electron chi connectivity index (χ2n) is 7.89. The summed E-state index contributed by atoms with van der Waals surface area (Å²) in [6.07, 6.45) is 0.0860. The number of hydrogen-bond acceptors (Lipinski definition) is 7. The third kappa shape index (κ3) is 10.6. The maximum atomic E-state index is 12.6. The van der Waals surface area contributed by atoms with E-state index in [1.807, 2.05) is 30.3 Å². The van der Waals surface area contributed by atoms with Crippen molar-refractivity contribution in [2.75, 3.05) is 11.9 Å². The Labute approximate surface area is 212 Å². The third-order valence-electron chi connectivity index (χ3n) is 4.81. The lowest BCUT2D eigenvalue weighted by Crippen LogP contribution is -2.54. The number of carbonyl (C=O) groups excluding carboxylic acids is 2. The number of aryl methyl sites for hydroxylation is 1. The topological polar surface area (TPSA) is 133 Å². The highest BCUT2D eigenvalue weighted by atomic mass is 32.1. The number of amides is 2. The van der Waals surface area contributed by atoms with E-state index in [-0.39, 0.29) is 28.4 Å². The molecule has 0 bridgehead atoms. The average Bonchev–Trinajstić information content (AvgIpc) is 3.24. The molecule has 1 fully saturated rings. The molecule has 2 atom stereocenters. The predicted molar refractivity (Wildman–Crippen MR) is 124 cm³/mol. The number of halogens is 5. The molecule has 9 nitrogen and oxygen atoms in total. The van der Waals surface area contributed by atoms with E-state index >= 15 is 0 Å². The first-order valence-corrected chi connectivity index (χ1v) is 11.7. The normalized spacial score (nSPS) is 16.2. The lowest BCUT2D eigenvalue weighted by Gasteiger charge is -2.28. The van der Waals surface area contributed by atoms with Crippen LogP contribution in [0.1, 0.15) is 30.3 Å². The molecule has 202 valence electrons. The Bertz CT molecular complexity index is 1090. The zero-order valence-corrected chi connectivity index (χ0v) is 20.2. The van der Waals surface area contributed by atoms with Gasteiger partial charge in [0.2, 0.25) is 22.0 Å². The molecule has 0 radical (unpaired) electrons. The van der Waals surface area contributed by atoms with E-state index in [1.54, 1.807) is 0 Å². The maximum absolute atomic E-state index is 12.6. The summed E-state index contributed by atoms with van der Waals surface area (Å²) in [7, 11) is 0. The molecule has 2 amide bonds. The van der Waals surface area contributed by atoms with Gasteiger partial charge in [-0.25, -0.2) is 4.79 Å². The fourth-order valence-corrected chi connectivity index (χ4v) is 3.33. The van der Waals surface area contributed by atoms with Crippen LogP contribution < -0.4 is 16.0 Å². The number of hydrogen-bond donors (Lipinski definition) is 4. The first-order valence-electron chi connectivity index (χ1n) is 10.8. The molecule has 1 aliphatic heterocycles. The van der Waals surface area contributed by atoms with E-state index < -0.39 is 35.0 Å². The summed E-state index contributed by atoms with van der Waals surface area (Å²) in [6, 6.07) is 9.03. The molecule has 2 aromatic rings. The second-order valence-corrected chi connectivity index (χ2v) is 8.86. The SMILES string of the molecule is CC(F)(F)C(=O)O.O=C(/C=C/[C@H](CCc1ccccc1)NC(=O)[C@@H]1CCN1)Nc1nnc(C(F)(F)F)s1. The van der Waals surface area contributed by atoms with Crippen LogP contribution in [0.25, 0.3) is 0 Å². The van der Waals surface area contributed by atoms with Crippen molar-refractivity contribution in [2.45, 2.75) is 50.4 Å². The molecule has 0 spiro atoms. The lowest BCUT2D eigenvalue weighted by molar-refractivity contribution is -0.162. The number of carboxylic acid groups (broad SMARTS) is 1. The van der Waals surface area contributed by atoms with Crippen molar-refractivity contribution in [3.05, 3.63) is 53.1 Å². The molecule has 1 saturated heterocycles. The quantitative estimate of drug-likeness (QED) is 0.279. The van der Waals surface area contributed by atoms with Crippen molar-refractivity contribution >= 4 is 34.3 Å². The largest absolute Gasteiger partial charge is 0.477 e. The zero-order valence-electron chi connectivity index (χ0n) is 19.4. The summed E-state index contributed by atoms with van der Waals surface area (Å²) in [5.74, 6) is -6.48. The number of carboxylic acids is 1. The fraction of sp³-hybridized carbons (Fsp3) is 0.409. The van der Waals surface area contributed by atoms with Crippen molar-refractivity contribution in [3.63, 3.8) is 0 Å². The predicted octanol–water partition coefficient (Wildman–Crippen LogP) is 3.26. The number of aromatic nitrogens is 2. The van der Waals surface area contributed by atoms with Crippen molar-refractivity contribution in [2.24, 2.45) is 0 Å². The van der Waals surface area contributed by atoms with Gasteiger partial charge < -0.3 is 15.7 Å².